The molecule has 3 heteroatoms. The number of hydrogen-bond acceptors (Lipinski definition) is 3. The van der Waals surface area contributed by atoms with Crippen LogP contribution in [0.25, 0.3) is 0 Å². The van der Waals surface area contributed by atoms with Gasteiger partial charge in [0.2, 0.25) is 0 Å². The van der Waals surface area contributed by atoms with E-state index in [4.69, 9.17) is 9.47 Å². The van der Waals surface area contributed by atoms with Crippen molar-refractivity contribution >= 4 is 5.97 Å². The van der Waals surface area contributed by atoms with Crippen LogP contribution in [-0.2, 0) is 14.3 Å². The normalized spacial score (nSPS) is 41.1. The molecule has 0 radical (unpaired) electrons. The molecule has 0 unspecified atom stereocenters. The largest absolute Gasteiger partial charge is 0.490 e. The first-order valence-electron chi connectivity index (χ1n) is 6.83. The van der Waals surface area contributed by atoms with Gasteiger partial charge in [0.05, 0.1) is 18.6 Å². The van der Waals surface area contributed by atoms with Crippen LogP contribution in [0.5, 0.6) is 0 Å². The first-order chi connectivity index (χ1) is 8.26. The molecule has 0 aromatic heterocycles. The Hall–Kier alpha value is -0.990. The van der Waals surface area contributed by atoms with Gasteiger partial charge in [0.15, 0.2) is 0 Å². The average molecular weight is 236 g/mol. The summed E-state index contributed by atoms with van der Waals surface area (Å²) in [5, 5.41) is 0. The summed E-state index contributed by atoms with van der Waals surface area (Å²) in [7, 11) is 0. The molecule has 0 bridgehead atoms. The van der Waals surface area contributed by atoms with Crippen LogP contribution in [0.3, 0.4) is 0 Å². The first kappa shape index (κ1) is 11.1. The van der Waals surface area contributed by atoms with E-state index in [2.05, 4.69) is 0 Å². The Bertz CT molecular complexity index is 360. The highest BCUT2D eigenvalue weighted by Crippen LogP contribution is 2.60. The van der Waals surface area contributed by atoms with Gasteiger partial charge in [0, 0.05) is 0 Å². The molecule has 3 nitrogen and oxygen atoms in total. The Balaban J connectivity index is 1.74. The second-order valence-electron chi connectivity index (χ2n) is 5.43. The van der Waals surface area contributed by atoms with E-state index in [-0.39, 0.29) is 11.6 Å². The van der Waals surface area contributed by atoms with Crippen molar-refractivity contribution in [1.82, 2.24) is 0 Å². The molecule has 2 aliphatic carbocycles. The molecule has 0 N–H and O–H groups in total. The fraction of sp³-hybridized carbons (Fsp3) is 0.786. The van der Waals surface area contributed by atoms with Crippen molar-refractivity contribution in [2.24, 2.45) is 11.8 Å². The maximum Gasteiger partial charge on any atom is 0.334 e. The first-order valence-corrected chi connectivity index (χ1v) is 6.83. The number of hydrogen-bond donors (Lipinski definition) is 0. The van der Waals surface area contributed by atoms with Crippen molar-refractivity contribution < 1.29 is 14.3 Å². The SMILES string of the molecule is CCOC(=O)/C=C1/O[C@]23CCC[C@H]2CCC[C@H]13. The fourth-order valence-electron chi connectivity index (χ4n) is 3.98. The van der Waals surface area contributed by atoms with E-state index in [1.165, 1.54) is 38.5 Å². The standard InChI is InChI=1S/C14H20O3/c1-2-16-13(15)9-12-11-7-3-5-10-6-4-8-14(10,11)17-12/h9-11H,2-8H2,1H3/b12-9+/t10-,11-,14-/m1/s1. The van der Waals surface area contributed by atoms with Gasteiger partial charge in [-0.3, -0.25) is 0 Å². The molecule has 2 saturated carbocycles. The van der Waals surface area contributed by atoms with Gasteiger partial charge in [-0.1, -0.05) is 6.42 Å². The zero-order valence-corrected chi connectivity index (χ0v) is 10.4. The molecular weight excluding hydrogens is 216 g/mol. The van der Waals surface area contributed by atoms with Crippen LogP contribution in [-0.4, -0.2) is 18.2 Å². The fourth-order valence-corrected chi connectivity index (χ4v) is 3.98. The molecule has 3 fully saturated rings. The Morgan fingerprint density at radius 3 is 3.12 bits per heavy atom. The van der Waals surface area contributed by atoms with E-state index in [9.17, 15) is 4.79 Å². The maximum atomic E-state index is 11.4. The lowest BCUT2D eigenvalue weighted by atomic mass is 9.65. The topological polar surface area (TPSA) is 35.5 Å². The molecule has 17 heavy (non-hydrogen) atoms. The predicted octanol–water partition coefficient (Wildman–Crippen LogP) is 2.80. The summed E-state index contributed by atoms with van der Waals surface area (Å²) in [6.07, 6.45) is 9.12. The van der Waals surface area contributed by atoms with Gasteiger partial charge in [-0.25, -0.2) is 4.79 Å². The Morgan fingerprint density at radius 1 is 1.47 bits per heavy atom. The van der Waals surface area contributed by atoms with E-state index >= 15 is 0 Å². The smallest absolute Gasteiger partial charge is 0.334 e. The minimum Gasteiger partial charge on any atom is -0.490 e. The van der Waals surface area contributed by atoms with E-state index in [0.717, 1.165) is 11.7 Å². The zero-order valence-electron chi connectivity index (χ0n) is 10.4. The van der Waals surface area contributed by atoms with Crippen LogP contribution >= 0.6 is 0 Å². The maximum absolute atomic E-state index is 11.4. The quantitative estimate of drug-likeness (QED) is 0.546. The molecular formula is C14H20O3. The van der Waals surface area contributed by atoms with Crippen LogP contribution in [0, 0.1) is 11.8 Å². The van der Waals surface area contributed by atoms with Crippen molar-refractivity contribution in [1.29, 1.82) is 0 Å². The number of carbonyl (C=O) groups is 1. The minimum atomic E-state index is -0.252. The van der Waals surface area contributed by atoms with Gasteiger partial charge in [-0.2, -0.15) is 0 Å². The molecule has 3 aliphatic rings. The number of esters is 1. The van der Waals surface area contributed by atoms with Crippen LogP contribution in [0.15, 0.2) is 11.8 Å². The molecule has 1 heterocycles. The van der Waals surface area contributed by atoms with Gasteiger partial charge in [0.25, 0.3) is 0 Å². The van der Waals surface area contributed by atoms with Gasteiger partial charge in [-0.05, 0) is 44.9 Å². The molecule has 3 rings (SSSR count). The van der Waals surface area contributed by atoms with Gasteiger partial charge in [0.1, 0.15) is 11.4 Å². The molecule has 3 atom stereocenters. The van der Waals surface area contributed by atoms with E-state index < -0.39 is 0 Å². The van der Waals surface area contributed by atoms with Crippen molar-refractivity contribution in [3.8, 4) is 0 Å². The molecule has 1 spiro atoms. The van der Waals surface area contributed by atoms with Crippen molar-refractivity contribution in [3.05, 3.63) is 11.8 Å². The second-order valence-corrected chi connectivity index (χ2v) is 5.43. The zero-order chi connectivity index (χ0) is 11.9. The lowest BCUT2D eigenvalue weighted by Gasteiger charge is -2.55. The summed E-state index contributed by atoms with van der Waals surface area (Å²) in [6.45, 7) is 2.26. The van der Waals surface area contributed by atoms with Crippen LogP contribution < -0.4 is 0 Å². The highest BCUT2D eigenvalue weighted by molar-refractivity contribution is 5.82. The summed E-state index contributed by atoms with van der Waals surface area (Å²) in [4.78, 5) is 11.4. The molecule has 0 aromatic carbocycles. The Kier molecular flexibility index (Phi) is 2.64. The van der Waals surface area contributed by atoms with Crippen LogP contribution in [0.2, 0.25) is 0 Å². The van der Waals surface area contributed by atoms with Gasteiger partial charge >= 0.3 is 5.97 Å². The molecule has 94 valence electrons. The predicted molar refractivity (Wildman–Crippen MR) is 63.2 cm³/mol. The monoisotopic (exact) mass is 236 g/mol. The third-order valence-electron chi connectivity index (χ3n) is 4.64. The van der Waals surface area contributed by atoms with Crippen LogP contribution in [0.1, 0.15) is 45.4 Å². The molecule has 1 saturated heterocycles. The van der Waals surface area contributed by atoms with E-state index in [0.29, 0.717) is 12.5 Å². The van der Waals surface area contributed by atoms with Crippen molar-refractivity contribution in [2.45, 2.75) is 51.0 Å². The number of rotatable bonds is 2. The summed E-state index contributed by atoms with van der Waals surface area (Å²) in [5.41, 5.74) is 0.108. The van der Waals surface area contributed by atoms with E-state index in [1.54, 1.807) is 6.08 Å². The van der Waals surface area contributed by atoms with Crippen LogP contribution in [0.4, 0.5) is 0 Å². The average Bonchev–Trinajstić information content (AvgIpc) is 2.71. The molecule has 1 aliphatic heterocycles. The molecule has 0 amide bonds. The Labute approximate surface area is 102 Å². The highest BCUT2D eigenvalue weighted by Gasteiger charge is 2.61. The summed E-state index contributed by atoms with van der Waals surface area (Å²) in [6, 6.07) is 0. The van der Waals surface area contributed by atoms with E-state index in [1.807, 2.05) is 6.92 Å². The third kappa shape index (κ3) is 1.59. The van der Waals surface area contributed by atoms with Crippen molar-refractivity contribution in [3.63, 3.8) is 0 Å². The number of ether oxygens (including phenoxy) is 2. The highest BCUT2D eigenvalue weighted by atomic mass is 16.5. The van der Waals surface area contributed by atoms with Gasteiger partial charge < -0.3 is 9.47 Å². The number of carbonyl (C=O) groups excluding carboxylic acids is 1. The molecule has 0 aromatic rings. The lowest BCUT2D eigenvalue weighted by molar-refractivity contribution is -0.186. The summed E-state index contributed by atoms with van der Waals surface area (Å²) < 4.78 is 11.0. The second kappa shape index (κ2) is 4.04. The third-order valence-corrected chi connectivity index (χ3v) is 4.64. The summed E-state index contributed by atoms with van der Waals surface area (Å²) >= 11 is 0. The van der Waals surface area contributed by atoms with Crippen molar-refractivity contribution in [2.75, 3.05) is 6.61 Å². The van der Waals surface area contributed by atoms with Gasteiger partial charge in [-0.15, -0.1) is 0 Å². The minimum absolute atomic E-state index is 0.108. The Morgan fingerprint density at radius 2 is 2.29 bits per heavy atom. The summed E-state index contributed by atoms with van der Waals surface area (Å²) in [5.74, 6) is 1.86. The lowest BCUT2D eigenvalue weighted by Crippen LogP contribution is -2.56.